The fraction of sp³-hybridized carbons (Fsp3) is 0.286. The number of rotatable bonds is 1. The van der Waals surface area contributed by atoms with Crippen molar-refractivity contribution < 1.29 is 19.6 Å². The van der Waals surface area contributed by atoms with Gasteiger partial charge in [-0.2, -0.15) is 5.26 Å². The lowest BCUT2D eigenvalue weighted by Crippen LogP contribution is -2.30. The van der Waals surface area contributed by atoms with Crippen LogP contribution in [0.2, 0.25) is 0 Å². The number of benzene rings is 1. The average Bonchev–Trinajstić information content (AvgIpc) is 2.76. The zero-order valence-electron chi connectivity index (χ0n) is 12.0. The third-order valence-corrected chi connectivity index (χ3v) is 2.84. The summed E-state index contributed by atoms with van der Waals surface area (Å²) in [7, 11) is -1.75. The van der Waals surface area contributed by atoms with Crippen LogP contribution in [0.5, 0.6) is 0 Å². The van der Waals surface area contributed by atoms with Crippen molar-refractivity contribution >= 4 is 29.6 Å². The number of nitriles is 1. The van der Waals surface area contributed by atoms with E-state index in [9.17, 15) is 20.1 Å². The van der Waals surface area contributed by atoms with E-state index in [0.29, 0.717) is 10.9 Å². The van der Waals surface area contributed by atoms with Gasteiger partial charge in [0.2, 0.25) is 0 Å². The number of nitrogens with zero attached hydrogens (tertiary/aromatic N) is 2. The van der Waals surface area contributed by atoms with E-state index in [0.717, 1.165) is 4.57 Å². The van der Waals surface area contributed by atoms with E-state index in [1.54, 1.807) is 39.0 Å². The molecule has 0 aliphatic heterocycles. The van der Waals surface area contributed by atoms with E-state index in [-0.39, 0.29) is 11.0 Å². The van der Waals surface area contributed by atoms with Gasteiger partial charge in [-0.1, -0.05) is 12.1 Å². The number of hydrogen-bond acceptors (Lipinski definition) is 5. The molecule has 0 saturated carbocycles. The summed E-state index contributed by atoms with van der Waals surface area (Å²) in [6, 6.07) is 6.77. The van der Waals surface area contributed by atoms with Crippen molar-refractivity contribution in [2.75, 3.05) is 0 Å². The maximum absolute atomic E-state index is 12.2. The molecule has 108 valence electrons. The molecule has 0 amide bonds. The van der Waals surface area contributed by atoms with E-state index < -0.39 is 18.8 Å². The van der Waals surface area contributed by atoms with Crippen LogP contribution in [0, 0.1) is 11.3 Å². The van der Waals surface area contributed by atoms with E-state index >= 15 is 0 Å². The monoisotopic (exact) mass is 286 g/mol. The minimum Gasteiger partial charge on any atom is -0.443 e. The smallest absolute Gasteiger partial charge is 0.443 e. The van der Waals surface area contributed by atoms with Gasteiger partial charge in [0.05, 0.1) is 11.1 Å². The van der Waals surface area contributed by atoms with Gasteiger partial charge in [-0.25, -0.2) is 4.79 Å². The summed E-state index contributed by atoms with van der Waals surface area (Å²) in [5, 5.41) is 28.4. The Kier molecular flexibility index (Phi) is 3.77. The Morgan fingerprint density at radius 3 is 2.57 bits per heavy atom. The first-order valence-corrected chi connectivity index (χ1v) is 6.38. The van der Waals surface area contributed by atoms with Crippen LogP contribution in [0.1, 0.15) is 26.3 Å². The van der Waals surface area contributed by atoms with Crippen LogP contribution in [0.25, 0.3) is 10.9 Å². The molecule has 1 aromatic heterocycles. The van der Waals surface area contributed by atoms with Crippen molar-refractivity contribution in [3.8, 4) is 6.07 Å². The summed E-state index contributed by atoms with van der Waals surface area (Å²) in [4.78, 5) is 12.2. The number of hydrogen-bond donors (Lipinski definition) is 2. The number of fused-ring (bicyclic) bond motifs is 1. The zero-order valence-corrected chi connectivity index (χ0v) is 12.0. The first kappa shape index (κ1) is 15.1. The molecule has 0 bridgehead atoms. The third-order valence-electron chi connectivity index (χ3n) is 2.84. The normalized spacial score (nSPS) is 11.2. The Morgan fingerprint density at radius 2 is 2.05 bits per heavy atom. The molecule has 0 aliphatic rings. The summed E-state index contributed by atoms with van der Waals surface area (Å²) in [6.07, 6.45) is 0.603. The van der Waals surface area contributed by atoms with Gasteiger partial charge in [-0.05, 0) is 26.8 Å². The Bertz CT molecular complexity index is 738. The highest BCUT2D eigenvalue weighted by Crippen LogP contribution is 2.20. The largest absolute Gasteiger partial charge is 0.490 e. The van der Waals surface area contributed by atoms with Crippen LogP contribution in [0.4, 0.5) is 4.79 Å². The topological polar surface area (TPSA) is 95.5 Å². The molecule has 2 rings (SSSR count). The van der Waals surface area contributed by atoms with Crippen LogP contribution in [-0.4, -0.2) is 33.4 Å². The second-order valence-corrected chi connectivity index (χ2v) is 5.62. The quantitative estimate of drug-likeness (QED) is 0.762. The van der Waals surface area contributed by atoms with E-state index in [4.69, 9.17) is 4.74 Å². The summed E-state index contributed by atoms with van der Waals surface area (Å²) in [5.41, 5.74) is 0.00310. The van der Waals surface area contributed by atoms with Crippen LogP contribution < -0.4 is 5.46 Å². The molecule has 7 heteroatoms. The first-order chi connectivity index (χ1) is 9.74. The molecule has 1 heterocycles. The van der Waals surface area contributed by atoms with E-state index in [1.165, 1.54) is 6.20 Å². The summed E-state index contributed by atoms with van der Waals surface area (Å²) < 4.78 is 6.41. The minimum atomic E-state index is -1.75. The van der Waals surface area contributed by atoms with Gasteiger partial charge in [0, 0.05) is 17.0 Å². The molecule has 0 aliphatic carbocycles. The standard InChI is InChI=1S/C14H15BN2O4/c1-14(2,3)21-13(18)17-8-11(15(19)20)10-6-4-5-9(7-16)12(10)17/h4-6,8,19-20H,1-3H3. The lowest BCUT2D eigenvalue weighted by Gasteiger charge is -2.19. The predicted molar refractivity (Wildman–Crippen MR) is 78.1 cm³/mol. The van der Waals surface area contributed by atoms with Gasteiger partial charge in [0.1, 0.15) is 11.7 Å². The van der Waals surface area contributed by atoms with Crippen molar-refractivity contribution in [2.24, 2.45) is 0 Å². The van der Waals surface area contributed by atoms with Gasteiger partial charge in [-0.15, -0.1) is 0 Å². The summed E-state index contributed by atoms with van der Waals surface area (Å²) in [6.45, 7) is 5.18. The van der Waals surface area contributed by atoms with Gasteiger partial charge in [-0.3, -0.25) is 4.57 Å². The van der Waals surface area contributed by atoms with Crippen LogP contribution in [0.15, 0.2) is 24.4 Å². The van der Waals surface area contributed by atoms with Crippen molar-refractivity contribution in [3.05, 3.63) is 30.0 Å². The average molecular weight is 286 g/mol. The minimum absolute atomic E-state index is 0.146. The molecule has 21 heavy (non-hydrogen) atoms. The number of ether oxygens (including phenoxy) is 1. The molecule has 2 aromatic rings. The molecule has 1 aromatic carbocycles. The maximum Gasteiger partial charge on any atom is 0.490 e. The van der Waals surface area contributed by atoms with Gasteiger partial charge < -0.3 is 14.8 Å². The summed E-state index contributed by atoms with van der Waals surface area (Å²) in [5.74, 6) is 0. The molecule has 0 spiro atoms. The Hall–Kier alpha value is -2.30. The fourth-order valence-electron chi connectivity index (χ4n) is 2.06. The molecular formula is C14H15BN2O4. The van der Waals surface area contributed by atoms with E-state index in [2.05, 4.69) is 0 Å². The third kappa shape index (κ3) is 2.91. The van der Waals surface area contributed by atoms with Gasteiger partial charge in [0.15, 0.2) is 0 Å². The van der Waals surface area contributed by atoms with Gasteiger partial charge in [0.25, 0.3) is 0 Å². The van der Waals surface area contributed by atoms with Crippen LogP contribution in [0.3, 0.4) is 0 Å². The van der Waals surface area contributed by atoms with Crippen LogP contribution in [-0.2, 0) is 4.74 Å². The van der Waals surface area contributed by atoms with Crippen molar-refractivity contribution in [3.63, 3.8) is 0 Å². The second-order valence-electron chi connectivity index (χ2n) is 5.62. The number of para-hydroxylation sites is 1. The Balaban J connectivity index is 2.69. The highest BCUT2D eigenvalue weighted by atomic mass is 16.6. The Morgan fingerprint density at radius 1 is 1.38 bits per heavy atom. The maximum atomic E-state index is 12.2. The SMILES string of the molecule is CC(C)(C)OC(=O)n1cc(B(O)O)c2cccc(C#N)c21. The zero-order chi connectivity index (χ0) is 15.8. The van der Waals surface area contributed by atoms with Gasteiger partial charge >= 0.3 is 13.2 Å². The molecule has 0 fully saturated rings. The number of carbonyl (C=O) groups is 1. The highest BCUT2D eigenvalue weighted by Gasteiger charge is 2.25. The Labute approximate surface area is 122 Å². The molecule has 0 saturated heterocycles. The fourth-order valence-corrected chi connectivity index (χ4v) is 2.06. The van der Waals surface area contributed by atoms with Crippen molar-refractivity contribution in [1.82, 2.24) is 4.57 Å². The molecule has 0 radical (unpaired) electrons. The molecule has 2 N–H and O–H groups in total. The first-order valence-electron chi connectivity index (χ1n) is 6.38. The second kappa shape index (κ2) is 5.24. The van der Waals surface area contributed by atoms with Crippen molar-refractivity contribution in [1.29, 1.82) is 5.26 Å². The summed E-state index contributed by atoms with van der Waals surface area (Å²) >= 11 is 0. The number of aromatic nitrogens is 1. The van der Waals surface area contributed by atoms with Crippen molar-refractivity contribution in [2.45, 2.75) is 26.4 Å². The van der Waals surface area contributed by atoms with E-state index in [1.807, 2.05) is 6.07 Å². The predicted octanol–water partition coefficient (Wildman–Crippen LogP) is 0.976. The lowest BCUT2D eigenvalue weighted by molar-refractivity contribution is 0.0544. The lowest BCUT2D eigenvalue weighted by atomic mass is 9.80. The molecule has 0 atom stereocenters. The highest BCUT2D eigenvalue weighted by molar-refractivity contribution is 6.62. The molecule has 0 unspecified atom stereocenters. The number of carbonyl (C=O) groups excluding carboxylic acids is 1. The molecular weight excluding hydrogens is 271 g/mol. The molecule has 6 nitrogen and oxygen atoms in total. The van der Waals surface area contributed by atoms with Crippen LogP contribution >= 0.6 is 0 Å².